The molecule has 1 aromatic heterocycles. The molecule has 0 radical (unpaired) electrons. The first-order chi connectivity index (χ1) is 10.5. The SMILES string of the molecule is CCNCc1c(C(=O)O)c(C)n(Cc2ccc(Cl)cc2)c1C. The van der Waals surface area contributed by atoms with E-state index in [1.807, 2.05) is 45.0 Å². The summed E-state index contributed by atoms with van der Waals surface area (Å²) in [5.41, 5.74) is 4.14. The molecule has 0 fully saturated rings. The predicted molar refractivity (Wildman–Crippen MR) is 88.8 cm³/mol. The number of benzene rings is 1. The van der Waals surface area contributed by atoms with Crippen molar-refractivity contribution in [3.63, 3.8) is 0 Å². The average molecular weight is 321 g/mol. The summed E-state index contributed by atoms with van der Waals surface area (Å²) in [5, 5.41) is 13.4. The fourth-order valence-corrected chi connectivity index (χ4v) is 2.83. The molecule has 2 rings (SSSR count). The number of aromatic nitrogens is 1. The first-order valence-electron chi connectivity index (χ1n) is 7.32. The van der Waals surface area contributed by atoms with Gasteiger partial charge < -0.3 is 15.0 Å². The maximum Gasteiger partial charge on any atom is 0.337 e. The number of hydrogen-bond acceptors (Lipinski definition) is 2. The number of nitrogens with zero attached hydrogens (tertiary/aromatic N) is 1. The summed E-state index contributed by atoms with van der Waals surface area (Å²) in [5.74, 6) is -0.872. The molecule has 2 N–H and O–H groups in total. The highest BCUT2D eigenvalue weighted by Crippen LogP contribution is 2.24. The van der Waals surface area contributed by atoms with Crippen molar-refractivity contribution in [2.24, 2.45) is 0 Å². The lowest BCUT2D eigenvalue weighted by Crippen LogP contribution is -2.15. The number of carbonyl (C=O) groups is 1. The Bertz CT molecular complexity index is 675. The summed E-state index contributed by atoms with van der Waals surface area (Å²) in [6, 6.07) is 7.63. The van der Waals surface area contributed by atoms with Gasteiger partial charge in [-0.15, -0.1) is 0 Å². The van der Waals surface area contributed by atoms with E-state index in [0.717, 1.165) is 29.1 Å². The second-order valence-electron chi connectivity index (χ2n) is 5.32. The highest BCUT2D eigenvalue weighted by molar-refractivity contribution is 6.30. The molecule has 118 valence electrons. The van der Waals surface area contributed by atoms with Gasteiger partial charge in [0.25, 0.3) is 0 Å². The van der Waals surface area contributed by atoms with Crippen LogP contribution in [-0.4, -0.2) is 22.2 Å². The lowest BCUT2D eigenvalue weighted by atomic mass is 10.1. The molecule has 1 aromatic carbocycles. The largest absolute Gasteiger partial charge is 0.478 e. The van der Waals surface area contributed by atoms with Crippen molar-refractivity contribution in [3.05, 3.63) is 57.4 Å². The maximum atomic E-state index is 11.6. The minimum atomic E-state index is -0.872. The van der Waals surface area contributed by atoms with Crippen molar-refractivity contribution in [1.82, 2.24) is 9.88 Å². The molecule has 4 nitrogen and oxygen atoms in total. The molecule has 2 aromatic rings. The van der Waals surface area contributed by atoms with Crippen molar-refractivity contribution >= 4 is 17.6 Å². The second kappa shape index (κ2) is 6.99. The van der Waals surface area contributed by atoms with Gasteiger partial charge in [-0.1, -0.05) is 30.7 Å². The van der Waals surface area contributed by atoms with Crippen molar-refractivity contribution in [2.45, 2.75) is 33.9 Å². The van der Waals surface area contributed by atoms with E-state index in [4.69, 9.17) is 11.6 Å². The minimum absolute atomic E-state index is 0.410. The van der Waals surface area contributed by atoms with E-state index in [2.05, 4.69) is 9.88 Å². The third-order valence-corrected chi connectivity index (χ3v) is 4.18. The van der Waals surface area contributed by atoms with Gasteiger partial charge >= 0.3 is 5.97 Å². The van der Waals surface area contributed by atoms with Crippen molar-refractivity contribution in [2.75, 3.05) is 6.54 Å². The standard InChI is InChI=1S/C17H21ClN2O2/c1-4-19-9-15-11(2)20(12(3)16(15)17(21)22)10-13-5-7-14(18)8-6-13/h5-8,19H,4,9-10H2,1-3H3,(H,21,22). The van der Waals surface area contributed by atoms with Crippen molar-refractivity contribution in [1.29, 1.82) is 0 Å². The normalized spacial score (nSPS) is 10.9. The smallest absolute Gasteiger partial charge is 0.337 e. The molecule has 0 aliphatic carbocycles. The first kappa shape index (κ1) is 16.6. The molecule has 0 unspecified atom stereocenters. The Kier molecular flexibility index (Phi) is 5.27. The van der Waals surface area contributed by atoms with Crippen LogP contribution < -0.4 is 5.32 Å². The van der Waals surface area contributed by atoms with Crippen LogP contribution in [0.3, 0.4) is 0 Å². The molecule has 0 aliphatic heterocycles. The van der Waals surface area contributed by atoms with Crippen LogP contribution in [0.5, 0.6) is 0 Å². The number of halogens is 1. The molecule has 0 aliphatic rings. The molecule has 22 heavy (non-hydrogen) atoms. The van der Waals surface area contributed by atoms with E-state index in [-0.39, 0.29) is 0 Å². The lowest BCUT2D eigenvalue weighted by Gasteiger charge is -2.10. The summed E-state index contributed by atoms with van der Waals surface area (Å²) in [6.45, 7) is 7.86. The van der Waals surface area contributed by atoms with Crippen LogP contribution in [0.1, 0.15) is 39.8 Å². The highest BCUT2D eigenvalue weighted by Gasteiger charge is 2.22. The zero-order chi connectivity index (χ0) is 16.3. The van der Waals surface area contributed by atoms with Gasteiger partial charge in [-0.25, -0.2) is 4.79 Å². The van der Waals surface area contributed by atoms with Crippen LogP contribution in [0.2, 0.25) is 5.02 Å². The van der Waals surface area contributed by atoms with Crippen LogP contribution in [0.15, 0.2) is 24.3 Å². The fraction of sp³-hybridized carbons (Fsp3) is 0.353. The van der Waals surface area contributed by atoms with Gasteiger partial charge in [0, 0.05) is 35.1 Å². The van der Waals surface area contributed by atoms with Gasteiger partial charge in [-0.3, -0.25) is 0 Å². The molecule has 0 spiro atoms. The van der Waals surface area contributed by atoms with Gasteiger partial charge in [-0.2, -0.15) is 0 Å². The van der Waals surface area contributed by atoms with Crippen LogP contribution in [0, 0.1) is 13.8 Å². The van der Waals surface area contributed by atoms with Gasteiger partial charge in [0.15, 0.2) is 0 Å². The van der Waals surface area contributed by atoms with Crippen molar-refractivity contribution in [3.8, 4) is 0 Å². The van der Waals surface area contributed by atoms with E-state index >= 15 is 0 Å². The number of hydrogen-bond donors (Lipinski definition) is 2. The number of carboxylic acids is 1. The zero-order valence-electron chi connectivity index (χ0n) is 13.1. The summed E-state index contributed by atoms with van der Waals surface area (Å²) < 4.78 is 2.05. The summed E-state index contributed by atoms with van der Waals surface area (Å²) in [4.78, 5) is 11.6. The molecule has 0 saturated heterocycles. The molecular formula is C17H21ClN2O2. The maximum absolute atomic E-state index is 11.6. The Balaban J connectivity index is 2.42. The summed E-state index contributed by atoms with van der Waals surface area (Å²) in [7, 11) is 0. The van der Waals surface area contributed by atoms with E-state index in [1.165, 1.54) is 0 Å². The average Bonchev–Trinajstić information content (AvgIpc) is 2.71. The Morgan fingerprint density at radius 1 is 1.23 bits per heavy atom. The second-order valence-corrected chi connectivity index (χ2v) is 5.76. The molecule has 0 bridgehead atoms. The number of rotatable bonds is 6. The summed E-state index contributed by atoms with van der Waals surface area (Å²) >= 11 is 5.91. The third kappa shape index (κ3) is 3.34. The molecule has 0 atom stereocenters. The zero-order valence-corrected chi connectivity index (χ0v) is 13.9. The molecule has 1 heterocycles. The Hall–Kier alpha value is -1.78. The number of aromatic carboxylic acids is 1. The Morgan fingerprint density at radius 2 is 1.86 bits per heavy atom. The van der Waals surface area contributed by atoms with E-state index in [9.17, 15) is 9.90 Å². The van der Waals surface area contributed by atoms with E-state index < -0.39 is 5.97 Å². The monoisotopic (exact) mass is 320 g/mol. The molecular weight excluding hydrogens is 300 g/mol. The quantitative estimate of drug-likeness (QED) is 0.854. The van der Waals surface area contributed by atoms with E-state index in [0.29, 0.717) is 23.7 Å². The topological polar surface area (TPSA) is 54.3 Å². The minimum Gasteiger partial charge on any atom is -0.478 e. The Morgan fingerprint density at radius 3 is 2.41 bits per heavy atom. The molecule has 0 saturated carbocycles. The van der Waals surface area contributed by atoms with Gasteiger partial charge in [-0.05, 0) is 38.1 Å². The third-order valence-electron chi connectivity index (χ3n) is 3.93. The van der Waals surface area contributed by atoms with Crippen molar-refractivity contribution < 1.29 is 9.90 Å². The Labute approximate surface area is 135 Å². The summed E-state index contributed by atoms with van der Waals surface area (Å²) in [6.07, 6.45) is 0. The van der Waals surface area contributed by atoms with Crippen LogP contribution in [0.4, 0.5) is 0 Å². The first-order valence-corrected chi connectivity index (χ1v) is 7.70. The van der Waals surface area contributed by atoms with E-state index in [1.54, 1.807) is 0 Å². The molecule has 5 heteroatoms. The van der Waals surface area contributed by atoms with Gasteiger partial charge in [0.05, 0.1) is 5.56 Å². The van der Waals surface area contributed by atoms with Crippen LogP contribution in [-0.2, 0) is 13.1 Å². The predicted octanol–water partition coefficient (Wildman–Crippen LogP) is 3.61. The molecule has 0 amide bonds. The fourth-order valence-electron chi connectivity index (χ4n) is 2.71. The van der Waals surface area contributed by atoms with Gasteiger partial charge in [0.2, 0.25) is 0 Å². The van der Waals surface area contributed by atoms with Crippen LogP contribution in [0.25, 0.3) is 0 Å². The number of nitrogens with one attached hydrogen (secondary N) is 1. The van der Waals surface area contributed by atoms with Gasteiger partial charge in [0.1, 0.15) is 0 Å². The lowest BCUT2D eigenvalue weighted by molar-refractivity contribution is 0.0694. The number of carboxylic acid groups (broad SMARTS) is 1. The van der Waals surface area contributed by atoms with Crippen LogP contribution >= 0.6 is 11.6 Å². The highest BCUT2D eigenvalue weighted by atomic mass is 35.5.